The second kappa shape index (κ2) is 5.27. The zero-order valence-electron chi connectivity index (χ0n) is 11.8. The summed E-state index contributed by atoms with van der Waals surface area (Å²) in [5.74, 6) is 0.410. The first-order chi connectivity index (χ1) is 9.72. The summed E-state index contributed by atoms with van der Waals surface area (Å²) in [4.78, 5) is 26.2. The predicted molar refractivity (Wildman–Crippen MR) is 77.9 cm³/mol. The zero-order valence-corrected chi connectivity index (χ0v) is 11.8. The number of nitrogens with one attached hydrogen (secondary N) is 1. The number of carbonyl (C=O) groups is 2. The summed E-state index contributed by atoms with van der Waals surface area (Å²) < 4.78 is 0. The van der Waals surface area contributed by atoms with E-state index in [2.05, 4.69) is 10.2 Å². The van der Waals surface area contributed by atoms with Crippen LogP contribution >= 0.6 is 0 Å². The minimum absolute atomic E-state index is 0.0773. The van der Waals surface area contributed by atoms with Gasteiger partial charge in [-0.25, -0.2) is 0 Å². The van der Waals surface area contributed by atoms with Crippen molar-refractivity contribution in [2.75, 3.05) is 18.0 Å². The van der Waals surface area contributed by atoms with Crippen molar-refractivity contribution < 1.29 is 9.59 Å². The Morgan fingerprint density at radius 2 is 2.20 bits per heavy atom. The molecule has 2 heterocycles. The Balaban J connectivity index is 1.96. The number of nitrogens with zero attached hydrogens (tertiary/aromatic N) is 1. The van der Waals surface area contributed by atoms with Gasteiger partial charge in [0.2, 0.25) is 5.91 Å². The molecule has 20 heavy (non-hydrogen) atoms. The fourth-order valence-electron chi connectivity index (χ4n) is 3.40. The fraction of sp³-hybridized carbons (Fsp3) is 0.500. The summed E-state index contributed by atoms with van der Waals surface area (Å²) in [6, 6.07) is 7.98. The highest BCUT2D eigenvalue weighted by Crippen LogP contribution is 2.33. The van der Waals surface area contributed by atoms with Gasteiger partial charge < -0.3 is 10.2 Å². The Morgan fingerprint density at radius 3 is 3.00 bits per heavy atom. The molecule has 2 saturated heterocycles. The molecule has 0 radical (unpaired) electrons. The molecule has 2 aliphatic rings. The fourth-order valence-corrected chi connectivity index (χ4v) is 3.40. The van der Waals surface area contributed by atoms with Crippen molar-refractivity contribution in [1.29, 1.82) is 0 Å². The molecule has 2 atom stereocenters. The van der Waals surface area contributed by atoms with Gasteiger partial charge in [0, 0.05) is 30.8 Å². The Bertz CT molecular complexity index is 541. The summed E-state index contributed by atoms with van der Waals surface area (Å²) >= 11 is 0. The van der Waals surface area contributed by atoms with Crippen LogP contribution in [0.3, 0.4) is 0 Å². The molecule has 0 saturated carbocycles. The topological polar surface area (TPSA) is 49.4 Å². The van der Waals surface area contributed by atoms with Crippen LogP contribution < -0.4 is 10.2 Å². The Kier molecular flexibility index (Phi) is 3.47. The molecule has 0 aromatic heterocycles. The molecule has 2 fully saturated rings. The average molecular weight is 272 g/mol. The van der Waals surface area contributed by atoms with Crippen LogP contribution in [-0.4, -0.2) is 30.8 Å². The molecule has 3 rings (SSSR count). The lowest BCUT2D eigenvalue weighted by atomic mass is 9.90. The molecule has 1 amide bonds. The normalized spacial score (nSPS) is 25.2. The minimum atomic E-state index is 0.0773. The van der Waals surface area contributed by atoms with Crippen molar-refractivity contribution >= 4 is 17.4 Å². The first kappa shape index (κ1) is 13.2. The number of carbonyl (C=O) groups excluding carboxylic acids is 2. The van der Waals surface area contributed by atoms with Crippen molar-refractivity contribution in [2.24, 2.45) is 5.92 Å². The van der Waals surface area contributed by atoms with Crippen LogP contribution in [0.15, 0.2) is 24.3 Å². The molecule has 2 aliphatic heterocycles. The number of anilines is 1. The monoisotopic (exact) mass is 272 g/mol. The van der Waals surface area contributed by atoms with Crippen LogP contribution in [0.1, 0.15) is 36.5 Å². The minimum Gasteiger partial charge on any atom is -0.365 e. The average Bonchev–Trinajstić information content (AvgIpc) is 2.88. The van der Waals surface area contributed by atoms with Crippen LogP contribution in [0.2, 0.25) is 0 Å². The van der Waals surface area contributed by atoms with E-state index in [1.165, 1.54) is 0 Å². The van der Waals surface area contributed by atoms with Gasteiger partial charge >= 0.3 is 0 Å². The third kappa shape index (κ3) is 2.09. The van der Waals surface area contributed by atoms with E-state index in [0.29, 0.717) is 13.0 Å². The van der Waals surface area contributed by atoms with Crippen LogP contribution in [0.4, 0.5) is 5.69 Å². The number of hydrogen-bond donors (Lipinski definition) is 1. The maximum absolute atomic E-state index is 12.1. The van der Waals surface area contributed by atoms with Crippen LogP contribution in [0.25, 0.3) is 0 Å². The molecule has 0 bridgehead atoms. The van der Waals surface area contributed by atoms with Gasteiger partial charge in [0.05, 0.1) is 12.0 Å². The van der Waals surface area contributed by atoms with Gasteiger partial charge in [-0.1, -0.05) is 19.1 Å². The van der Waals surface area contributed by atoms with Gasteiger partial charge in [0.1, 0.15) is 0 Å². The quantitative estimate of drug-likeness (QED) is 0.856. The van der Waals surface area contributed by atoms with E-state index in [1.807, 2.05) is 31.2 Å². The van der Waals surface area contributed by atoms with Crippen molar-refractivity contribution in [2.45, 2.75) is 32.2 Å². The molecular weight excluding hydrogens is 252 g/mol. The molecular formula is C16H20N2O2. The smallest absolute Gasteiger partial charge is 0.225 e. The van der Waals surface area contributed by atoms with E-state index in [-0.39, 0.29) is 23.7 Å². The van der Waals surface area contributed by atoms with Crippen LogP contribution in [0, 0.1) is 5.92 Å². The Morgan fingerprint density at radius 1 is 1.40 bits per heavy atom. The highest BCUT2D eigenvalue weighted by Gasteiger charge is 2.41. The lowest BCUT2D eigenvalue weighted by Crippen LogP contribution is -2.46. The number of amides is 1. The molecule has 1 aromatic carbocycles. The molecule has 0 spiro atoms. The van der Waals surface area contributed by atoms with E-state index in [1.54, 1.807) is 0 Å². The van der Waals surface area contributed by atoms with Crippen LogP contribution in [-0.2, 0) is 4.79 Å². The van der Waals surface area contributed by atoms with Crippen molar-refractivity contribution in [1.82, 2.24) is 5.32 Å². The second-order valence-electron chi connectivity index (χ2n) is 5.55. The molecule has 4 nitrogen and oxygen atoms in total. The largest absolute Gasteiger partial charge is 0.365 e. The Labute approximate surface area is 119 Å². The maximum atomic E-state index is 12.1. The lowest BCUT2D eigenvalue weighted by molar-refractivity contribution is -0.122. The van der Waals surface area contributed by atoms with E-state index in [4.69, 9.17) is 0 Å². The highest BCUT2D eigenvalue weighted by molar-refractivity contribution is 6.01. The van der Waals surface area contributed by atoms with E-state index in [0.717, 1.165) is 30.6 Å². The van der Waals surface area contributed by atoms with Gasteiger partial charge in [0.15, 0.2) is 5.78 Å². The number of hydrogen-bond acceptors (Lipinski definition) is 3. The second-order valence-corrected chi connectivity index (χ2v) is 5.55. The molecule has 4 heteroatoms. The van der Waals surface area contributed by atoms with Crippen molar-refractivity contribution in [3.8, 4) is 0 Å². The number of para-hydroxylation sites is 1. The summed E-state index contributed by atoms with van der Waals surface area (Å²) in [7, 11) is 0. The summed E-state index contributed by atoms with van der Waals surface area (Å²) in [5.41, 5.74) is 1.78. The van der Waals surface area contributed by atoms with Crippen molar-refractivity contribution in [3.63, 3.8) is 0 Å². The summed E-state index contributed by atoms with van der Waals surface area (Å²) in [6.45, 7) is 3.50. The summed E-state index contributed by atoms with van der Waals surface area (Å²) in [6.07, 6.45) is 2.47. The molecule has 106 valence electrons. The predicted octanol–water partition coefficient (Wildman–Crippen LogP) is 1.99. The van der Waals surface area contributed by atoms with Gasteiger partial charge in [0.25, 0.3) is 0 Å². The standard InChI is InChI=1S/C16H20N2O2/c1-2-15(19)11-6-3-4-8-13(11)18-9-5-7-12-14(18)10-17-16(12)20/h3-4,6,8,12,14H,2,5,7,9-10H2,1H3,(H,17,20). The van der Waals surface area contributed by atoms with E-state index < -0.39 is 0 Å². The van der Waals surface area contributed by atoms with E-state index in [9.17, 15) is 9.59 Å². The number of ketones is 1. The SMILES string of the molecule is CCC(=O)c1ccccc1N1CCCC2C(=O)NCC21. The number of benzene rings is 1. The number of piperidine rings is 1. The molecule has 1 N–H and O–H groups in total. The first-order valence-electron chi connectivity index (χ1n) is 7.39. The zero-order chi connectivity index (χ0) is 14.1. The van der Waals surface area contributed by atoms with Gasteiger partial charge in [-0.05, 0) is 25.0 Å². The van der Waals surface area contributed by atoms with Gasteiger partial charge in [-0.15, -0.1) is 0 Å². The van der Waals surface area contributed by atoms with Crippen LogP contribution in [0.5, 0.6) is 0 Å². The third-order valence-electron chi connectivity index (χ3n) is 4.44. The molecule has 0 aliphatic carbocycles. The van der Waals surface area contributed by atoms with Gasteiger partial charge in [-0.2, -0.15) is 0 Å². The highest BCUT2D eigenvalue weighted by atomic mass is 16.2. The van der Waals surface area contributed by atoms with E-state index >= 15 is 0 Å². The van der Waals surface area contributed by atoms with Gasteiger partial charge in [-0.3, -0.25) is 9.59 Å². The van der Waals surface area contributed by atoms with Crippen molar-refractivity contribution in [3.05, 3.63) is 29.8 Å². The maximum Gasteiger partial charge on any atom is 0.225 e. The summed E-state index contributed by atoms with van der Waals surface area (Å²) in [5, 5.41) is 2.96. The first-order valence-corrected chi connectivity index (χ1v) is 7.39. The molecule has 2 unspecified atom stereocenters. The number of rotatable bonds is 3. The number of fused-ring (bicyclic) bond motifs is 1. The third-order valence-corrected chi connectivity index (χ3v) is 4.44. The molecule has 1 aromatic rings. The lowest BCUT2D eigenvalue weighted by Gasteiger charge is -2.38. The Hall–Kier alpha value is -1.84. The number of Topliss-reactive ketones (excluding diaryl/α,β-unsaturated/α-hetero) is 1.